The molecule has 1 unspecified atom stereocenters. The van der Waals surface area contributed by atoms with Crippen LogP contribution in [0.3, 0.4) is 0 Å². The van der Waals surface area contributed by atoms with Gasteiger partial charge in [-0.2, -0.15) is 0 Å². The first kappa shape index (κ1) is 13.2. The molecule has 0 saturated carbocycles. The van der Waals surface area contributed by atoms with Crippen molar-refractivity contribution in [2.45, 2.75) is 19.8 Å². The van der Waals surface area contributed by atoms with Gasteiger partial charge in [-0.25, -0.2) is 0 Å². The zero-order valence-corrected chi connectivity index (χ0v) is 11.3. The van der Waals surface area contributed by atoms with Gasteiger partial charge in [0.1, 0.15) is 0 Å². The van der Waals surface area contributed by atoms with Crippen LogP contribution in [-0.4, -0.2) is 31.3 Å². The van der Waals surface area contributed by atoms with Gasteiger partial charge in [0.2, 0.25) is 0 Å². The van der Waals surface area contributed by atoms with Crippen LogP contribution in [0.2, 0.25) is 0 Å². The van der Waals surface area contributed by atoms with Crippen LogP contribution in [0, 0.1) is 5.92 Å². The molecule has 0 aliphatic carbocycles. The lowest BCUT2D eigenvalue weighted by atomic mass is 10.1. The smallest absolute Gasteiger partial charge is 0.261 e. The number of thiophene rings is 1. The van der Waals surface area contributed by atoms with E-state index in [0.717, 1.165) is 19.5 Å². The van der Waals surface area contributed by atoms with Gasteiger partial charge in [-0.1, -0.05) is 0 Å². The van der Waals surface area contributed by atoms with Crippen molar-refractivity contribution in [1.82, 2.24) is 10.6 Å². The van der Waals surface area contributed by atoms with Crippen molar-refractivity contribution in [3.05, 3.63) is 21.9 Å². The minimum Gasteiger partial charge on any atom is -0.351 e. The molecule has 1 fully saturated rings. The van der Waals surface area contributed by atoms with Gasteiger partial charge in [0, 0.05) is 17.5 Å². The fourth-order valence-corrected chi connectivity index (χ4v) is 2.94. The van der Waals surface area contributed by atoms with Crippen molar-refractivity contribution in [3.63, 3.8) is 0 Å². The average molecular weight is 266 g/mol. The summed E-state index contributed by atoms with van der Waals surface area (Å²) in [5, 5.41) is 7.95. The summed E-state index contributed by atoms with van der Waals surface area (Å²) >= 11 is 1.32. The van der Waals surface area contributed by atoms with Crippen molar-refractivity contribution in [1.29, 1.82) is 0 Å². The first-order valence-electron chi connectivity index (χ1n) is 6.25. The van der Waals surface area contributed by atoms with Gasteiger partial charge in [0.15, 0.2) is 5.78 Å². The molecule has 1 aromatic rings. The third kappa shape index (κ3) is 3.40. The van der Waals surface area contributed by atoms with E-state index in [2.05, 4.69) is 10.6 Å². The Morgan fingerprint density at radius 1 is 1.56 bits per heavy atom. The number of carbonyl (C=O) groups is 2. The molecule has 1 aliphatic rings. The van der Waals surface area contributed by atoms with Crippen molar-refractivity contribution in [2.75, 3.05) is 19.6 Å². The number of hydrogen-bond acceptors (Lipinski definition) is 4. The standard InChI is InChI=1S/C13H18N2O2S/c1-9(16)11-6-12(18-8-11)13(17)15-5-3-10-2-4-14-7-10/h6,8,10,14H,2-5,7H2,1H3,(H,15,17). The third-order valence-electron chi connectivity index (χ3n) is 3.23. The van der Waals surface area contributed by atoms with E-state index in [0.29, 0.717) is 22.9 Å². The molecule has 5 heteroatoms. The van der Waals surface area contributed by atoms with E-state index < -0.39 is 0 Å². The molecule has 4 nitrogen and oxygen atoms in total. The van der Waals surface area contributed by atoms with E-state index in [-0.39, 0.29) is 11.7 Å². The highest BCUT2D eigenvalue weighted by atomic mass is 32.1. The quantitative estimate of drug-likeness (QED) is 0.797. The molecule has 0 radical (unpaired) electrons. The number of amides is 1. The maximum absolute atomic E-state index is 11.8. The molecule has 0 aromatic carbocycles. The van der Waals surface area contributed by atoms with E-state index >= 15 is 0 Å². The van der Waals surface area contributed by atoms with Crippen LogP contribution in [0.1, 0.15) is 39.8 Å². The van der Waals surface area contributed by atoms with Gasteiger partial charge in [0.25, 0.3) is 5.91 Å². The van der Waals surface area contributed by atoms with Crippen molar-refractivity contribution >= 4 is 23.0 Å². The van der Waals surface area contributed by atoms with Crippen molar-refractivity contribution in [3.8, 4) is 0 Å². The van der Waals surface area contributed by atoms with Crippen LogP contribution in [0.4, 0.5) is 0 Å². The lowest BCUT2D eigenvalue weighted by molar-refractivity contribution is 0.0955. The summed E-state index contributed by atoms with van der Waals surface area (Å²) in [6.07, 6.45) is 2.22. The first-order valence-corrected chi connectivity index (χ1v) is 7.13. The van der Waals surface area contributed by atoms with Gasteiger partial charge in [-0.15, -0.1) is 11.3 Å². The number of Topliss-reactive ketones (excluding diaryl/α,β-unsaturated/α-hetero) is 1. The highest BCUT2D eigenvalue weighted by molar-refractivity contribution is 7.12. The summed E-state index contributed by atoms with van der Waals surface area (Å²) in [6, 6.07) is 1.67. The Kier molecular flexibility index (Phi) is 4.49. The maximum Gasteiger partial charge on any atom is 0.261 e. The zero-order valence-electron chi connectivity index (χ0n) is 10.5. The second kappa shape index (κ2) is 6.11. The number of nitrogens with one attached hydrogen (secondary N) is 2. The Balaban J connectivity index is 1.77. The zero-order chi connectivity index (χ0) is 13.0. The molecule has 1 aromatic heterocycles. The molecular weight excluding hydrogens is 248 g/mol. The Morgan fingerprint density at radius 3 is 3.00 bits per heavy atom. The first-order chi connectivity index (χ1) is 8.66. The van der Waals surface area contributed by atoms with Gasteiger partial charge >= 0.3 is 0 Å². The van der Waals surface area contributed by atoms with Crippen LogP contribution < -0.4 is 10.6 Å². The number of rotatable bonds is 5. The molecule has 2 N–H and O–H groups in total. The molecule has 98 valence electrons. The lowest BCUT2D eigenvalue weighted by Crippen LogP contribution is -2.25. The summed E-state index contributed by atoms with van der Waals surface area (Å²) in [5.74, 6) is 0.613. The number of carbonyl (C=O) groups excluding carboxylic acids is 2. The minimum absolute atomic E-state index is 0.00216. The normalized spacial score (nSPS) is 18.8. The van der Waals surface area contributed by atoms with Crippen LogP contribution >= 0.6 is 11.3 Å². The van der Waals surface area contributed by atoms with Crippen LogP contribution in [0.5, 0.6) is 0 Å². The molecular formula is C13H18N2O2S. The monoisotopic (exact) mass is 266 g/mol. The SMILES string of the molecule is CC(=O)c1csc(C(=O)NCCC2CCNC2)c1. The Labute approximate surface area is 111 Å². The van der Waals surface area contributed by atoms with Crippen LogP contribution in [0.15, 0.2) is 11.4 Å². The lowest BCUT2D eigenvalue weighted by Gasteiger charge is -2.08. The number of ketones is 1. The van der Waals surface area contributed by atoms with Crippen LogP contribution in [-0.2, 0) is 0 Å². The van der Waals surface area contributed by atoms with E-state index in [1.54, 1.807) is 11.4 Å². The second-order valence-corrected chi connectivity index (χ2v) is 5.57. The summed E-state index contributed by atoms with van der Waals surface area (Å²) < 4.78 is 0. The van der Waals surface area contributed by atoms with Crippen molar-refractivity contribution < 1.29 is 9.59 Å². The Bertz CT molecular complexity index is 436. The van der Waals surface area contributed by atoms with Gasteiger partial charge in [0.05, 0.1) is 4.88 Å². The van der Waals surface area contributed by atoms with E-state index in [9.17, 15) is 9.59 Å². The molecule has 1 saturated heterocycles. The number of hydrogen-bond donors (Lipinski definition) is 2. The predicted octanol–water partition coefficient (Wildman–Crippen LogP) is 1.68. The summed E-state index contributed by atoms with van der Waals surface area (Å²) in [5.41, 5.74) is 0.616. The average Bonchev–Trinajstić information content (AvgIpc) is 2.99. The van der Waals surface area contributed by atoms with E-state index in [4.69, 9.17) is 0 Å². The molecule has 1 aliphatic heterocycles. The fourth-order valence-electron chi connectivity index (χ4n) is 2.08. The highest BCUT2D eigenvalue weighted by Crippen LogP contribution is 2.15. The third-order valence-corrected chi connectivity index (χ3v) is 4.16. The molecule has 2 rings (SSSR count). The molecule has 2 heterocycles. The summed E-state index contributed by atoms with van der Waals surface area (Å²) in [7, 11) is 0. The molecule has 1 atom stereocenters. The van der Waals surface area contributed by atoms with E-state index in [1.165, 1.54) is 24.7 Å². The molecule has 0 bridgehead atoms. The second-order valence-electron chi connectivity index (χ2n) is 4.66. The van der Waals surface area contributed by atoms with Gasteiger partial charge in [-0.3, -0.25) is 9.59 Å². The maximum atomic E-state index is 11.8. The molecule has 0 spiro atoms. The minimum atomic E-state index is -0.0709. The Morgan fingerprint density at radius 2 is 2.39 bits per heavy atom. The van der Waals surface area contributed by atoms with Gasteiger partial charge < -0.3 is 10.6 Å². The fraction of sp³-hybridized carbons (Fsp3) is 0.538. The summed E-state index contributed by atoms with van der Waals surface area (Å²) in [6.45, 7) is 4.37. The molecule has 1 amide bonds. The van der Waals surface area contributed by atoms with Gasteiger partial charge in [-0.05, 0) is 44.8 Å². The summed E-state index contributed by atoms with van der Waals surface area (Å²) in [4.78, 5) is 23.6. The van der Waals surface area contributed by atoms with Crippen LogP contribution in [0.25, 0.3) is 0 Å². The predicted molar refractivity (Wildman–Crippen MR) is 72.3 cm³/mol. The topological polar surface area (TPSA) is 58.2 Å². The highest BCUT2D eigenvalue weighted by Gasteiger charge is 2.15. The molecule has 18 heavy (non-hydrogen) atoms. The Hall–Kier alpha value is -1.20. The van der Waals surface area contributed by atoms with Crippen molar-refractivity contribution in [2.24, 2.45) is 5.92 Å². The largest absolute Gasteiger partial charge is 0.351 e. The van der Waals surface area contributed by atoms with E-state index in [1.807, 2.05) is 0 Å².